The number of fused-ring (bicyclic) bond motifs is 2. The number of carbonyl (C=O) groups is 1. The van der Waals surface area contributed by atoms with Gasteiger partial charge in [0.05, 0.1) is 0 Å². The van der Waals surface area contributed by atoms with Crippen molar-refractivity contribution in [1.82, 2.24) is 0 Å². The van der Waals surface area contributed by atoms with Crippen LogP contribution in [0.3, 0.4) is 0 Å². The molecule has 0 aromatic heterocycles. The molecule has 0 aliphatic heterocycles. The van der Waals surface area contributed by atoms with Gasteiger partial charge in [-0.3, -0.25) is 4.79 Å². The van der Waals surface area contributed by atoms with E-state index in [1.165, 1.54) is 0 Å². The van der Waals surface area contributed by atoms with Crippen LogP contribution in [0, 0.1) is 27.6 Å². The molecule has 3 unspecified atom stereocenters. The second kappa shape index (κ2) is 0.919. The first-order valence-corrected chi connectivity index (χ1v) is 4.15. The number of carbonyl (C=O) groups excluding carboxylic acids is 1. The molecule has 5 fully saturated rings. The number of nitroso groups, excluding NO2 is 1. The van der Waals surface area contributed by atoms with Crippen LogP contribution in [0.5, 0.6) is 0 Å². The fourth-order valence-electron chi connectivity index (χ4n) is 3.96. The third kappa shape index (κ3) is 0.229. The standard InChI is InChI=1S/C8H7NO2/c10-4-1-3(9-11)5-6-7(4)2-8(5,6)7/h3,5-6H,1-2H2/t3-,5?,6+,7?,8?/m1/s1. The van der Waals surface area contributed by atoms with Crippen molar-refractivity contribution in [3.63, 3.8) is 0 Å². The van der Waals surface area contributed by atoms with E-state index < -0.39 is 0 Å². The van der Waals surface area contributed by atoms with Crippen molar-refractivity contribution in [3.8, 4) is 0 Å². The molecule has 11 heavy (non-hydrogen) atoms. The van der Waals surface area contributed by atoms with Crippen molar-refractivity contribution in [2.75, 3.05) is 0 Å². The number of hydrogen-bond acceptors (Lipinski definition) is 3. The summed E-state index contributed by atoms with van der Waals surface area (Å²) in [5.41, 5.74) is 0.528. The summed E-state index contributed by atoms with van der Waals surface area (Å²) in [6.45, 7) is 0. The minimum atomic E-state index is -0.142. The van der Waals surface area contributed by atoms with E-state index in [-0.39, 0.29) is 11.5 Å². The van der Waals surface area contributed by atoms with Gasteiger partial charge in [0.2, 0.25) is 0 Å². The molecule has 0 N–H and O–H groups in total. The van der Waals surface area contributed by atoms with Gasteiger partial charge in [0, 0.05) is 11.8 Å². The highest BCUT2D eigenvalue weighted by Crippen LogP contribution is 3.10. The number of ketones is 1. The van der Waals surface area contributed by atoms with Crippen molar-refractivity contribution in [1.29, 1.82) is 0 Å². The maximum atomic E-state index is 11.4. The van der Waals surface area contributed by atoms with Crippen molar-refractivity contribution in [2.24, 2.45) is 27.8 Å². The van der Waals surface area contributed by atoms with Gasteiger partial charge >= 0.3 is 0 Å². The number of rotatable bonds is 1. The van der Waals surface area contributed by atoms with Crippen molar-refractivity contribution in [3.05, 3.63) is 4.91 Å². The molecule has 0 heterocycles. The summed E-state index contributed by atoms with van der Waals surface area (Å²) < 4.78 is 0. The first-order valence-electron chi connectivity index (χ1n) is 4.15. The fraction of sp³-hybridized carbons (Fsp3) is 0.875. The molecular weight excluding hydrogens is 142 g/mol. The maximum absolute atomic E-state index is 11.4. The Hall–Kier alpha value is -0.730. The lowest BCUT2D eigenvalue weighted by molar-refractivity contribution is -0.126. The number of hydrogen-bond donors (Lipinski definition) is 0. The van der Waals surface area contributed by atoms with Crippen molar-refractivity contribution >= 4 is 5.78 Å². The van der Waals surface area contributed by atoms with Gasteiger partial charge in [-0.05, 0) is 23.7 Å². The van der Waals surface area contributed by atoms with Crippen LogP contribution in [-0.4, -0.2) is 11.8 Å². The summed E-state index contributed by atoms with van der Waals surface area (Å²) in [6.07, 6.45) is 1.55. The van der Waals surface area contributed by atoms with E-state index in [0.29, 0.717) is 29.5 Å². The third-order valence-electron chi connectivity index (χ3n) is 4.57. The number of Topliss-reactive ketones (excluding diaryl/α,β-unsaturated/α-hetero) is 1. The predicted molar refractivity (Wildman–Crippen MR) is 35.7 cm³/mol. The normalized spacial score (nSPS) is 73.1. The molecule has 56 valence electrons. The van der Waals surface area contributed by atoms with Gasteiger partial charge in [0.1, 0.15) is 11.8 Å². The molecule has 5 atom stereocenters. The first kappa shape index (κ1) is 5.01. The Morgan fingerprint density at radius 3 is 2.82 bits per heavy atom. The Labute approximate surface area is 63.1 Å². The molecule has 5 aliphatic carbocycles. The highest BCUT2D eigenvalue weighted by molar-refractivity contribution is 6.01. The van der Waals surface area contributed by atoms with Gasteiger partial charge in [0.25, 0.3) is 0 Å². The monoisotopic (exact) mass is 149 g/mol. The van der Waals surface area contributed by atoms with Crippen LogP contribution in [0.1, 0.15) is 12.8 Å². The molecule has 5 rings (SSSR count). The van der Waals surface area contributed by atoms with Crippen LogP contribution in [0.15, 0.2) is 5.18 Å². The molecule has 0 amide bonds. The highest BCUT2D eigenvalue weighted by Gasteiger charge is 3.11. The van der Waals surface area contributed by atoms with E-state index in [0.717, 1.165) is 6.42 Å². The SMILES string of the molecule is O=N[C@@H]1CC(=O)C23CC24C1[C@@H]34. The molecule has 0 saturated heterocycles. The van der Waals surface area contributed by atoms with E-state index in [9.17, 15) is 9.70 Å². The lowest BCUT2D eigenvalue weighted by atomic mass is 9.82. The zero-order chi connectivity index (χ0) is 7.43. The van der Waals surface area contributed by atoms with Crippen LogP contribution in [-0.2, 0) is 4.79 Å². The van der Waals surface area contributed by atoms with E-state index >= 15 is 0 Å². The highest BCUT2D eigenvalue weighted by atomic mass is 16.3. The second-order valence-electron chi connectivity index (χ2n) is 4.49. The average Bonchev–Trinajstić information content (AvgIpc) is 2.82. The largest absolute Gasteiger partial charge is 0.299 e. The molecule has 0 aromatic rings. The minimum absolute atomic E-state index is 0.142. The lowest BCUT2D eigenvalue weighted by Crippen LogP contribution is -2.32. The molecule has 3 nitrogen and oxygen atoms in total. The molecule has 0 radical (unpaired) electrons. The summed E-state index contributed by atoms with van der Waals surface area (Å²) in [6, 6.07) is -0.142. The van der Waals surface area contributed by atoms with Gasteiger partial charge in [0.15, 0.2) is 0 Å². The molecular formula is C8H7NO2. The van der Waals surface area contributed by atoms with Crippen LogP contribution in [0.25, 0.3) is 0 Å². The lowest BCUT2D eigenvalue weighted by Gasteiger charge is -2.22. The third-order valence-corrected chi connectivity index (χ3v) is 4.57. The first-order chi connectivity index (χ1) is 5.29. The smallest absolute Gasteiger partial charge is 0.142 e. The molecule has 5 aliphatic rings. The van der Waals surface area contributed by atoms with Gasteiger partial charge < -0.3 is 0 Å². The van der Waals surface area contributed by atoms with Crippen molar-refractivity contribution in [2.45, 2.75) is 18.9 Å². The summed E-state index contributed by atoms with van der Waals surface area (Å²) in [7, 11) is 0. The Balaban J connectivity index is 1.84. The zero-order valence-corrected chi connectivity index (χ0v) is 5.91. The van der Waals surface area contributed by atoms with Gasteiger partial charge in [-0.2, -0.15) is 4.91 Å². The average molecular weight is 149 g/mol. The summed E-state index contributed by atoms with van der Waals surface area (Å²) in [5.74, 6) is 1.51. The molecule has 3 heteroatoms. The van der Waals surface area contributed by atoms with E-state index in [2.05, 4.69) is 5.18 Å². The van der Waals surface area contributed by atoms with Gasteiger partial charge in [-0.1, -0.05) is 5.18 Å². The number of nitrogens with zero attached hydrogens (tertiary/aromatic N) is 1. The van der Waals surface area contributed by atoms with Crippen LogP contribution in [0.2, 0.25) is 0 Å². The summed E-state index contributed by atoms with van der Waals surface area (Å²) in [4.78, 5) is 21.7. The zero-order valence-electron chi connectivity index (χ0n) is 5.91. The minimum Gasteiger partial charge on any atom is -0.299 e. The van der Waals surface area contributed by atoms with Crippen LogP contribution >= 0.6 is 0 Å². The van der Waals surface area contributed by atoms with Gasteiger partial charge in [-0.15, -0.1) is 0 Å². The summed E-state index contributed by atoms with van der Waals surface area (Å²) in [5, 5.41) is 3.04. The Morgan fingerprint density at radius 2 is 2.27 bits per heavy atom. The van der Waals surface area contributed by atoms with E-state index in [1.54, 1.807) is 0 Å². The van der Waals surface area contributed by atoms with Gasteiger partial charge in [-0.25, -0.2) is 0 Å². The van der Waals surface area contributed by atoms with E-state index in [4.69, 9.17) is 0 Å². The topological polar surface area (TPSA) is 46.5 Å². The Kier molecular flexibility index (Phi) is 0.419. The van der Waals surface area contributed by atoms with Crippen molar-refractivity contribution < 1.29 is 4.79 Å². The maximum Gasteiger partial charge on any atom is 0.142 e. The molecule has 2 bridgehead atoms. The van der Waals surface area contributed by atoms with Crippen LogP contribution in [0.4, 0.5) is 0 Å². The Morgan fingerprint density at radius 1 is 1.55 bits per heavy atom. The predicted octanol–water partition coefficient (Wildman–Crippen LogP) is 0.730. The fourth-order valence-corrected chi connectivity index (χ4v) is 3.96. The van der Waals surface area contributed by atoms with Crippen LogP contribution < -0.4 is 0 Å². The van der Waals surface area contributed by atoms with E-state index in [1.807, 2.05) is 0 Å². The summed E-state index contributed by atoms with van der Waals surface area (Å²) >= 11 is 0. The quantitative estimate of drug-likeness (QED) is 0.516. The molecule has 5 saturated carbocycles. The second-order valence-corrected chi connectivity index (χ2v) is 4.49. The Bertz CT molecular complexity index is 326. The molecule has 0 aromatic carbocycles. The molecule has 2 spiro atoms.